The van der Waals surface area contributed by atoms with E-state index in [0.717, 1.165) is 23.4 Å². The van der Waals surface area contributed by atoms with E-state index in [1.807, 2.05) is 37.6 Å². The lowest BCUT2D eigenvalue weighted by molar-refractivity contribution is 0.0788. The summed E-state index contributed by atoms with van der Waals surface area (Å²) in [4.78, 5) is 18.9. The van der Waals surface area contributed by atoms with Gasteiger partial charge < -0.3 is 10.6 Å². The van der Waals surface area contributed by atoms with Gasteiger partial charge in [-0.3, -0.25) is 9.78 Å². The maximum atomic E-state index is 12.6. The minimum Gasteiger partial charge on any atom is -0.342 e. The Morgan fingerprint density at radius 2 is 2.09 bits per heavy atom. The summed E-state index contributed by atoms with van der Waals surface area (Å²) in [6.07, 6.45) is 0.805. The molecule has 2 rings (SSSR count). The highest BCUT2D eigenvalue weighted by Crippen LogP contribution is 2.22. The Morgan fingerprint density at radius 1 is 1.35 bits per heavy atom. The van der Waals surface area contributed by atoms with Gasteiger partial charge in [-0.05, 0) is 42.8 Å². The number of aromatic nitrogens is 1. The Balaban J connectivity index is 2.07. The lowest BCUT2D eigenvalue weighted by Gasteiger charge is -2.22. The van der Waals surface area contributed by atoms with Crippen molar-refractivity contribution in [1.29, 1.82) is 0 Å². The van der Waals surface area contributed by atoms with Gasteiger partial charge in [0, 0.05) is 30.6 Å². The van der Waals surface area contributed by atoms with Crippen LogP contribution in [-0.4, -0.2) is 35.4 Å². The molecule has 0 saturated carbocycles. The summed E-state index contributed by atoms with van der Waals surface area (Å²) in [6.45, 7) is 6.74. The number of nitrogens with zero attached hydrogens (tertiary/aromatic N) is 2. The first-order valence-corrected chi connectivity index (χ1v) is 8.85. The van der Waals surface area contributed by atoms with Crippen molar-refractivity contribution in [3.63, 3.8) is 0 Å². The first-order chi connectivity index (χ1) is 10.9. The monoisotopic (exact) mass is 331 g/mol. The molecule has 0 bridgehead atoms. The third kappa shape index (κ3) is 4.39. The van der Waals surface area contributed by atoms with E-state index in [1.165, 1.54) is 0 Å². The van der Waals surface area contributed by atoms with Gasteiger partial charge in [0.25, 0.3) is 5.91 Å². The molecule has 124 valence electrons. The Kier molecular flexibility index (Phi) is 5.91. The summed E-state index contributed by atoms with van der Waals surface area (Å²) in [7, 11) is 1.82. The number of pyridine rings is 1. The predicted octanol–water partition coefficient (Wildman–Crippen LogP) is 3.56. The molecule has 1 amide bonds. The fourth-order valence-corrected chi connectivity index (χ4v) is 2.99. The number of hydrogen-bond acceptors (Lipinski definition) is 4. The lowest BCUT2D eigenvalue weighted by Crippen LogP contribution is -2.35. The topological polar surface area (TPSA) is 59.2 Å². The van der Waals surface area contributed by atoms with Gasteiger partial charge in [0.1, 0.15) is 0 Å². The van der Waals surface area contributed by atoms with Gasteiger partial charge in [0.2, 0.25) is 0 Å². The molecule has 0 radical (unpaired) electrons. The van der Waals surface area contributed by atoms with Crippen molar-refractivity contribution in [3.05, 3.63) is 40.2 Å². The average Bonchev–Trinajstić information content (AvgIpc) is 3.05. The van der Waals surface area contributed by atoms with Gasteiger partial charge in [0.05, 0.1) is 17.0 Å². The number of amides is 1. The van der Waals surface area contributed by atoms with Crippen LogP contribution in [0.2, 0.25) is 0 Å². The van der Waals surface area contributed by atoms with Crippen molar-refractivity contribution in [2.45, 2.75) is 33.2 Å². The molecule has 5 heteroatoms. The Morgan fingerprint density at radius 3 is 2.65 bits per heavy atom. The molecule has 0 fully saturated rings. The van der Waals surface area contributed by atoms with Gasteiger partial charge in [-0.2, -0.15) is 11.3 Å². The number of carbonyl (C=O) groups is 1. The zero-order valence-corrected chi connectivity index (χ0v) is 15.1. The van der Waals surface area contributed by atoms with E-state index in [0.29, 0.717) is 18.0 Å². The van der Waals surface area contributed by atoms with Crippen LogP contribution in [0.4, 0.5) is 0 Å². The first kappa shape index (κ1) is 17.6. The zero-order valence-electron chi connectivity index (χ0n) is 14.2. The van der Waals surface area contributed by atoms with E-state index < -0.39 is 0 Å². The number of carbonyl (C=O) groups excluding carboxylic acids is 1. The van der Waals surface area contributed by atoms with Crippen molar-refractivity contribution in [1.82, 2.24) is 9.88 Å². The van der Waals surface area contributed by atoms with E-state index in [9.17, 15) is 4.79 Å². The second-order valence-electron chi connectivity index (χ2n) is 6.26. The minimum atomic E-state index is 0.00262. The smallest absolute Gasteiger partial charge is 0.255 e. The number of nitrogens with two attached hydrogens (primary N) is 1. The van der Waals surface area contributed by atoms with Crippen LogP contribution >= 0.6 is 11.3 Å². The fraction of sp³-hybridized carbons (Fsp3) is 0.444. The van der Waals surface area contributed by atoms with Gasteiger partial charge in [-0.25, -0.2) is 0 Å². The molecule has 2 aromatic rings. The summed E-state index contributed by atoms with van der Waals surface area (Å²) in [5.74, 6) is 0.426. The number of thiophene rings is 1. The molecule has 4 nitrogen and oxygen atoms in total. The molecule has 0 aliphatic heterocycles. The third-order valence-electron chi connectivity index (χ3n) is 4.13. The van der Waals surface area contributed by atoms with Gasteiger partial charge in [0.15, 0.2) is 0 Å². The van der Waals surface area contributed by atoms with Crippen LogP contribution in [0.25, 0.3) is 11.3 Å². The summed E-state index contributed by atoms with van der Waals surface area (Å²) in [6, 6.07) is 5.94. The van der Waals surface area contributed by atoms with E-state index in [-0.39, 0.29) is 11.9 Å². The zero-order chi connectivity index (χ0) is 17.0. The second-order valence-corrected chi connectivity index (χ2v) is 7.04. The molecule has 1 atom stereocenters. The van der Waals surface area contributed by atoms with Crippen molar-refractivity contribution < 1.29 is 4.79 Å². The van der Waals surface area contributed by atoms with Crippen molar-refractivity contribution >= 4 is 17.2 Å². The van der Waals surface area contributed by atoms with Crippen LogP contribution in [0.3, 0.4) is 0 Å². The number of rotatable bonds is 6. The normalized spacial score (nSPS) is 12.4. The molecule has 2 heterocycles. The van der Waals surface area contributed by atoms with E-state index in [4.69, 9.17) is 5.73 Å². The van der Waals surface area contributed by atoms with E-state index in [1.54, 1.807) is 16.2 Å². The fourth-order valence-electron chi connectivity index (χ4n) is 2.34. The second kappa shape index (κ2) is 7.70. The minimum absolute atomic E-state index is 0.00262. The highest BCUT2D eigenvalue weighted by atomic mass is 32.1. The van der Waals surface area contributed by atoms with E-state index in [2.05, 4.69) is 24.2 Å². The van der Waals surface area contributed by atoms with Crippen LogP contribution in [0, 0.1) is 12.8 Å². The Bertz CT molecular complexity index is 652. The molecular weight excluding hydrogens is 306 g/mol. The molecule has 0 aliphatic carbocycles. The lowest BCUT2D eigenvalue weighted by atomic mass is 10.0. The van der Waals surface area contributed by atoms with Crippen molar-refractivity contribution in [2.75, 3.05) is 13.6 Å². The average molecular weight is 331 g/mol. The maximum Gasteiger partial charge on any atom is 0.255 e. The van der Waals surface area contributed by atoms with Crippen LogP contribution in [0.5, 0.6) is 0 Å². The summed E-state index contributed by atoms with van der Waals surface area (Å²) < 4.78 is 0. The summed E-state index contributed by atoms with van der Waals surface area (Å²) >= 11 is 1.64. The number of hydrogen-bond donors (Lipinski definition) is 1. The van der Waals surface area contributed by atoms with Crippen LogP contribution in [-0.2, 0) is 0 Å². The van der Waals surface area contributed by atoms with E-state index >= 15 is 0 Å². The number of aryl methyl sites for hydroxylation is 1. The summed E-state index contributed by atoms with van der Waals surface area (Å²) in [5.41, 5.74) is 9.48. The Hall–Kier alpha value is -1.72. The van der Waals surface area contributed by atoms with Crippen molar-refractivity contribution in [3.8, 4) is 11.3 Å². The first-order valence-electron chi connectivity index (χ1n) is 7.91. The molecule has 23 heavy (non-hydrogen) atoms. The SMILES string of the molecule is Cc1nc(-c2ccsc2)ccc1C(=O)N(C)CCC(N)C(C)C. The van der Waals surface area contributed by atoms with Gasteiger partial charge in [-0.1, -0.05) is 13.8 Å². The highest BCUT2D eigenvalue weighted by Gasteiger charge is 2.17. The molecule has 1 unspecified atom stereocenters. The molecule has 0 aromatic carbocycles. The molecule has 2 aromatic heterocycles. The predicted molar refractivity (Wildman–Crippen MR) is 96.7 cm³/mol. The molecule has 2 N–H and O–H groups in total. The third-order valence-corrected chi connectivity index (χ3v) is 4.82. The standard InChI is InChI=1S/C18H25N3OS/c1-12(2)16(19)7-9-21(4)18(22)15-5-6-17(20-13(15)3)14-8-10-23-11-14/h5-6,8,10-12,16H,7,9,19H2,1-4H3. The Labute approximate surface area is 142 Å². The molecule has 0 saturated heterocycles. The largest absolute Gasteiger partial charge is 0.342 e. The molecule has 0 spiro atoms. The van der Waals surface area contributed by atoms with Crippen molar-refractivity contribution in [2.24, 2.45) is 11.7 Å². The van der Waals surface area contributed by atoms with Gasteiger partial charge >= 0.3 is 0 Å². The van der Waals surface area contributed by atoms with Crippen LogP contribution < -0.4 is 5.73 Å². The quantitative estimate of drug-likeness (QED) is 0.880. The van der Waals surface area contributed by atoms with Crippen LogP contribution in [0.1, 0.15) is 36.3 Å². The van der Waals surface area contributed by atoms with Gasteiger partial charge in [-0.15, -0.1) is 0 Å². The molecular formula is C18H25N3OS. The molecule has 0 aliphatic rings. The van der Waals surface area contributed by atoms with Crippen LogP contribution in [0.15, 0.2) is 29.0 Å². The summed E-state index contributed by atoms with van der Waals surface area (Å²) in [5, 5.41) is 4.08. The highest BCUT2D eigenvalue weighted by molar-refractivity contribution is 7.08. The maximum absolute atomic E-state index is 12.6.